The molecular formula is C20H19ClN2O4. The van der Waals surface area contributed by atoms with Gasteiger partial charge in [-0.25, -0.2) is 4.79 Å². The smallest absolute Gasteiger partial charge is 0.374 e. The molecule has 1 N–H and O–H groups in total. The summed E-state index contributed by atoms with van der Waals surface area (Å²) in [7, 11) is 0. The minimum absolute atomic E-state index is 0.0228. The summed E-state index contributed by atoms with van der Waals surface area (Å²) in [5, 5.41) is 12.6. The number of rotatable bonds is 5. The number of hydrogen-bond acceptors (Lipinski definition) is 5. The molecule has 1 saturated carbocycles. The zero-order valence-corrected chi connectivity index (χ0v) is 15.4. The molecule has 140 valence electrons. The molecule has 0 bridgehead atoms. The Morgan fingerprint density at radius 2 is 1.93 bits per heavy atom. The summed E-state index contributed by atoms with van der Waals surface area (Å²) >= 11 is 6.11. The van der Waals surface area contributed by atoms with Crippen molar-refractivity contribution >= 4 is 23.5 Å². The van der Waals surface area contributed by atoms with Crippen LogP contribution in [0.1, 0.15) is 42.7 Å². The molecule has 6 nitrogen and oxygen atoms in total. The van der Waals surface area contributed by atoms with Crippen molar-refractivity contribution in [1.29, 1.82) is 5.26 Å². The van der Waals surface area contributed by atoms with Gasteiger partial charge in [0.25, 0.3) is 5.91 Å². The van der Waals surface area contributed by atoms with Gasteiger partial charge in [-0.15, -0.1) is 0 Å². The van der Waals surface area contributed by atoms with Gasteiger partial charge in [-0.3, -0.25) is 4.79 Å². The van der Waals surface area contributed by atoms with Crippen LogP contribution in [0, 0.1) is 11.3 Å². The molecular weight excluding hydrogens is 368 g/mol. The number of benzene rings is 1. The number of nitrogens with one attached hydrogen (secondary N) is 1. The van der Waals surface area contributed by atoms with E-state index in [1.165, 1.54) is 6.07 Å². The van der Waals surface area contributed by atoms with E-state index in [0.717, 1.165) is 19.3 Å². The molecule has 1 aliphatic rings. The zero-order valence-electron chi connectivity index (χ0n) is 14.7. The van der Waals surface area contributed by atoms with Crippen LogP contribution in [0.2, 0.25) is 5.02 Å². The maximum absolute atomic E-state index is 12.1. The van der Waals surface area contributed by atoms with Crippen molar-refractivity contribution in [3.8, 4) is 17.4 Å². The van der Waals surface area contributed by atoms with Crippen LogP contribution in [0.25, 0.3) is 11.3 Å². The maximum Gasteiger partial charge on any atom is 0.374 e. The predicted molar refractivity (Wildman–Crippen MR) is 99.0 cm³/mol. The lowest BCUT2D eigenvalue weighted by molar-refractivity contribution is -0.126. The highest BCUT2D eigenvalue weighted by molar-refractivity contribution is 6.33. The van der Waals surface area contributed by atoms with Crippen molar-refractivity contribution in [1.82, 2.24) is 5.32 Å². The Morgan fingerprint density at radius 3 is 2.63 bits per heavy atom. The van der Waals surface area contributed by atoms with Crippen molar-refractivity contribution in [3.05, 3.63) is 47.2 Å². The minimum atomic E-state index is -0.857. The van der Waals surface area contributed by atoms with Gasteiger partial charge in [0.1, 0.15) is 11.3 Å². The number of amides is 1. The van der Waals surface area contributed by atoms with E-state index in [4.69, 9.17) is 20.8 Å². The molecule has 7 heteroatoms. The minimum Gasteiger partial charge on any atom is -0.450 e. The van der Waals surface area contributed by atoms with Gasteiger partial charge in [0.15, 0.2) is 6.61 Å². The van der Waals surface area contributed by atoms with Gasteiger partial charge in [0, 0.05) is 5.56 Å². The SMILES string of the molecule is N#CC1(NC(=O)COC(=O)c2ccc(-c3ccccc3Cl)o2)CCCCC1. The van der Waals surface area contributed by atoms with Gasteiger partial charge in [-0.2, -0.15) is 5.26 Å². The quantitative estimate of drug-likeness (QED) is 0.781. The molecule has 3 rings (SSSR count). The summed E-state index contributed by atoms with van der Waals surface area (Å²) in [6, 6.07) is 12.4. The summed E-state index contributed by atoms with van der Waals surface area (Å²) in [6.07, 6.45) is 4.07. The van der Waals surface area contributed by atoms with Crippen molar-refractivity contribution in [2.24, 2.45) is 0 Å². The monoisotopic (exact) mass is 386 g/mol. The Hall–Kier alpha value is -2.78. The summed E-state index contributed by atoms with van der Waals surface area (Å²) in [6.45, 7) is -0.468. The number of ether oxygens (including phenoxy) is 1. The Kier molecular flexibility index (Phi) is 5.82. The first kappa shape index (κ1) is 19.0. The van der Waals surface area contributed by atoms with E-state index in [-0.39, 0.29) is 5.76 Å². The molecule has 0 saturated heterocycles. The van der Waals surface area contributed by atoms with Crippen molar-refractivity contribution in [2.75, 3.05) is 6.61 Å². The molecule has 27 heavy (non-hydrogen) atoms. The highest BCUT2D eigenvalue weighted by Gasteiger charge is 2.33. The predicted octanol–water partition coefficient (Wildman–Crippen LogP) is 4.10. The van der Waals surface area contributed by atoms with Crippen LogP contribution in [-0.4, -0.2) is 24.0 Å². The summed E-state index contributed by atoms with van der Waals surface area (Å²) in [5.74, 6) is -0.837. The van der Waals surface area contributed by atoms with Gasteiger partial charge in [-0.05, 0) is 37.1 Å². The second-order valence-corrected chi connectivity index (χ2v) is 6.93. The number of carbonyl (C=O) groups is 2. The van der Waals surface area contributed by atoms with E-state index >= 15 is 0 Å². The standard InChI is InChI=1S/C20H19ClN2O4/c21-15-7-3-2-6-14(15)16-8-9-17(27-16)19(25)26-12-18(24)23-20(13-22)10-4-1-5-11-20/h2-3,6-9H,1,4-5,10-12H2,(H,23,24). The van der Waals surface area contributed by atoms with Crippen molar-refractivity contribution < 1.29 is 18.7 Å². The summed E-state index contributed by atoms with van der Waals surface area (Å²) < 4.78 is 10.5. The molecule has 2 aromatic rings. The molecule has 1 fully saturated rings. The normalized spacial score (nSPS) is 15.6. The lowest BCUT2D eigenvalue weighted by Gasteiger charge is -2.31. The molecule has 0 radical (unpaired) electrons. The highest BCUT2D eigenvalue weighted by atomic mass is 35.5. The summed E-state index contributed by atoms with van der Waals surface area (Å²) in [5.41, 5.74) is -0.201. The molecule has 1 heterocycles. The van der Waals surface area contributed by atoms with E-state index in [2.05, 4.69) is 11.4 Å². The second-order valence-electron chi connectivity index (χ2n) is 6.52. The molecule has 0 aliphatic heterocycles. The largest absolute Gasteiger partial charge is 0.450 e. The van der Waals surface area contributed by atoms with E-state index < -0.39 is 24.0 Å². The van der Waals surface area contributed by atoms with E-state index in [0.29, 0.717) is 29.2 Å². The van der Waals surface area contributed by atoms with Gasteiger partial charge < -0.3 is 14.5 Å². The third kappa shape index (κ3) is 4.50. The van der Waals surface area contributed by atoms with Crippen molar-refractivity contribution in [3.63, 3.8) is 0 Å². The van der Waals surface area contributed by atoms with Gasteiger partial charge >= 0.3 is 5.97 Å². The molecule has 1 aliphatic carbocycles. The van der Waals surface area contributed by atoms with Gasteiger partial charge in [0.2, 0.25) is 5.76 Å². The third-order valence-electron chi connectivity index (χ3n) is 4.58. The Bertz CT molecular complexity index is 878. The first-order valence-electron chi connectivity index (χ1n) is 8.77. The molecule has 0 spiro atoms. The van der Waals surface area contributed by atoms with E-state index in [1.54, 1.807) is 24.3 Å². The van der Waals surface area contributed by atoms with Crippen LogP contribution >= 0.6 is 11.6 Å². The Labute approximate surface area is 162 Å². The molecule has 0 atom stereocenters. The Morgan fingerprint density at radius 1 is 1.19 bits per heavy atom. The second kappa shape index (κ2) is 8.28. The zero-order chi connectivity index (χ0) is 19.3. The number of furan rings is 1. The fourth-order valence-electron chi connectivity index (χ4n) is 3.18. The van der Waals surface area contributed by atoms with E-state index in [1.807, 2.05) is 6.07 Å². The lowest BCUT2D eigenvalue weighted by Crippen LogP contribution is -2.50. The van der Waals surface area contributed by atoms with Crippen LogP contribution in [-0.2, 0) is 9.53 Å². The van der Waals surface area contributed by atoms with Crippen LogP contribution < -0.4 is 5.32 Å². The average Bonchev–Trinajstić information content (AvgIpc) is 3.17. The fourth-order valence-corrected chi connectivity index (χ4v) is 3.41. The number of nitrogens with zero attached hydrogens (tertiary/aromatic N) is 1. The number of esters is 1. The van der Waals surface area contributed by atoms with Crippen molar-refractivity contribution in [2.45, 2.75) is 37.6 Å². The molecule has 0 unspecified atom stereocenters. The molecule has 1 amide bonds. The maximum atomic E-state index is 12.1. The first-order chi connectivity index (χ1) is 13.0. The fraction of sp³-hybridized carbons (Fsp3) is 0.350. The first-order valence-corrected chi connectivity index (χ1v) is 9.15. The molecule has 1 aromatic heterocycles. The topological polar surface area (TPSA) is 92.3 Å². The number of halogens is 1. The average molecular weight is 387 g/mol. The Balaban J connectivity index is 1.57. The molecule has 1 aromatic carbocycles. The van der Waals surface area contributed by atoms with Crippen LogP contribution in [0.5, 0.6) is 0 Å². The number of carbonyl (C=O) groups excluding carboxylic acids is 2. The van der Waals surface area contributed by atoms with Gasteiger partial charge in [0.05, 0.1) is 11.1 Å². The number of hydrogen-bond donors (Lipinski definition) is 1. The number of nitriles is 1. The highest BCUT2D eigenvalue weighted by Crippen LogP contribution is 2.29. The van der Waals surface area contributed by atoms with Crippen LogP contribution in [0.3, 0.4) is 0 Å². The van der Waals surface area contributed by atoms with E-state index in [9.17, 15) is 14.9 Å². The lowest BCUT2D eigenvalue weighted by atomic mass is 9.83. The van der Waals surface area contributed by atoms with Gasteiger partial charge in [-0.1, -0.05) is 43.0 Å². The summed E-state index contributed by atoms with van der Waals surface area (Å²) in [4.78, 5) is 24.2. The van der Waals surface area contributed by atoms with Crippen LogP contribution in [0.15, 0.2) is 40.8 Å². The third-order valence-corrected chi connectivity index (χ3v) is 4.91. The van der Waals surface area contributed by atoms with Crippen LogP contribution in [0.4, 0.5) is 0 Å².